The molecule has 0 saturated carbocycles. The van der Waals surface area contributed by atoms with Crippen molar-refractivity contribution in [3.63, 3.8) is 0 Å². The number of nitrogens with two attached hydrogens (primary N) is 2. The second kappa shape index (κ2) is 3.45. The lowest BCUT2D eigenvalue weighted by Gasteiger charge is -1.88. The Morgan fingerprint density at radius 3 is 2.45 bits per heavy atom. The fourth-order valence-electron chi connectivity index (χ4n) is 0.765. The van der Waals surface area contributed by atoms with Crippen molar-refractivity contribution in [1.82, 2.24) is 4.68 Å². The third kappa shape index (κ3) is 1.55. The topological polar surface area (TPSA) is 81.1 Å². The molecule has 0 radical (unpaired) electrons. The highest BCUT2D eigenvalue weighted by Gasteiger charge is 2.14. The van der Waals surface area contributed by atoms with Crippen LogP contribution in [-0.4, -0.2) is 9.78 Å². The number of hydrogen-bond acceptors (Lipinski definition) is 3. The molecule has 0 spiro atoms. The van der Waals surface area contributed by atoms with E-state index in [1.807, 2.05) is 0 Å². The Morgan fingerprint density at radius 2 is 2.27 bits per heavy atom. The zero-order valence-electron chi connectivity index (χ0n) is 6.16. The summed E-state index contributed by atoms with van der Waals surface area (Å²) < 4.78 is 2.71. The smallest absolute Gasteiger partial charge is 0.299 e. The van der Waals surface area contributed by atoms with Crippen LogP contribution in [0.4, 0.5) is 0 Å². The van der Waals surface area contributed by atoms with Crippen molar-refractivity contribution in [3.05, 3.63) is 17.7 Å². The van der Waals surface area contributed by atoms with Crippen molar-refractivity contribution in [2.45, 2.75) is 13.5 Å². The maximum Gasteiger partial charge on any atom is 0.299 e. The third-order valence-corrected chi connectivity index (χ3v) is 1.48. The van der Waals surface area contributed by atoms with E-state index in [9.17, 15) is 0 Å². The number of imidazole rings is 1. The van der Waals surface area contributed by atoms with E-state index in [0.29, 0.717) is 11.5 Å². The molecule has 5 N–H and O–H groups in total. The molecule has 0 bridgehead atoms. The predicted molar refractivity (Wildman–Crippen MR) is 35.6 cm³/mol. The molecule has 6 heteroatoms. The van der Waals surface area contributed by atoms with Gasteiger partial charge < -0.3 is 17.5 Å². The van der Waals surface area contributed by atoms with E-state index in [0.717, 1.165) is 0 Å². The molecule has 11 heavy (non-hydrogen) atoms. The van der Waals surface area contributed by atoms with Crippen molar-refractivity contribution >= 4 is 0 Å². The van der Waals surface area contributed by atoms with E-state index in [-0.39, 0.29) is 19.0 Å². The molecule has 1 aromatic heterocycles. The number of halogens is 1. The van der Waals surface area contributed by atoms with Gasteiger partial charge in [-0.1, -0.05) is 0 Å². The highest BCUT2D eigenvalue weighted by atomic mass is 35.5. The van der Waals surface area contributed by atoms with E-state index in [1.54, 1.807) is 13.1 Å². The van der Waals surface area contributed by atoms with Gasteiger partial charge in [0, 0.05) is 6.92 Å². The summed E-state index contributed by atoms with van der Waals surface area (Å²) in [5.41, 5.74) is 0.597. The average molecular weight is 179 g/mol. The van der Waals surface area contributed by atoms with E-state index in [4.69, 9.17) is 16.8 Å². The Balaban J connectivity index is 0.000001000. The van der Waals surface area contributed by atoms with Crippen LogP contribution in [0.2, 0.25) is 0 Å². The Kier molecular flexibility index (Phi) is 3.16. The fraction of sp³-hybridized carbons (Fsp3) is 0.400. The van der Waals surface area contributed by atoms with Crippen molar-refractivity contribution in [1.29, 1.82) is 0 Å². The second-order valence-corrected chi connectivity index (χ2v) is 2.10. The molecule has 0 aliphatic carbocycles. The number of nitrogen functional groups attached to an aromatic ring is 2. The van der Waals surface area contributed by atoms with Crippen LogP contribution < -0.4 is 28.8 Å². The molecular weight excluding hydrogens is 168 g/mol. The largest absolute Gasteiger partial charge is 1.00 e. The van der Waals surface area contributed by atoms with Gasteiger partial charge in [0.15, 0.2) is 11.9 Å². The van der Waals surface area contributed by atoms with Gasteiger partial charge >= 0.3 is 0 Å². The first-order valence-electron chi connectivity index (χ1n) is 2.90. The lowest BCUT2D eigenvalue weighted by molar-refractivity contribution is -0.645. The van der Waals surface area contributed by atoms with Gasteiger partial charge in [-0.2, -0.15) is 0 Å². The molecule has 0 fully saturated rings. The summed E-state index contributed by atoms with van der Waals surface area (Å²) in [5.74, 6) is 11.6. The van der Waals surface area contributed by atoms with Crippen molar-refractivity contribution < 1.29 is 22.2 Å². The van der Waals surface area contributed by atoms with E-state index >= 15 is 0 Å². The summed E-state index contributed by atoms with van der Waals surface area (Å²) in [6, 6.07) is 0. The number of nitrogens with zero attached hydrogens (tertiary/aromatic N) is 2. The van der Waals surface area contributed by atoms with Crippen LogP contribution in [0.5, 0.6) is 0 Å². The zero-order valence-corrected chi connectivity index (χ0v) is 6.91. The number of aromatic nitrogens is 2. The van der Waals surface area contributed by atoms with Crippen LogP contribution in [0, 0.1) is 6.92 Å². The van der Waals surface area contributed by atoms with Gasteiger partial charge in [-0.3, -0.25) is 11.7 Å². The van der Waals surface area contributed by atoms with Gasteiger partial charge in [0.05, 0.1) is 0 Å². The Morgan fingerprint density at radius 1 is 1.73 bits per heavy atom. The molecule has 5 nitrogen and oxygen atoms in total. The first-order chi connectivity index (χ1) is 4.66. The van der Waals surface area contributed by atoms with E-state index < -0.39 is 0 Å². The quantitative estimate of drug-likeness (QED) is 0.298. The maximum atomic E-state index is 8.69. The molecule has 0 unspecified atom stereocenters. The van der Waals surface area contributed by atoms with Gasteiger partial charge in [0.1, 0.15) is 6.61 Å². The highest BCUT2D eigenvalue weighted by Crippen LogP contribution is 1.94. The number of hydrogen-bond donors (Lipinski definition) is 3. The number of rotatable bonds is 1. The lowest BCUT2D eigenvalue weighted by Crippen LogP contribution is -3.00. The Hall–Kier alpha value is -0.940. The normalized spacial score (nSPS) is 9.27. The minimum atomic E-state index is -0.0957. The zero-order chi connectivity index (χ0) is 7.72. The van der Waals surface area contributed by atoms with Crippen LogP contribution in [0.15, 0.2) is 6.20 Å². The van der Waals surface area contributed by atoms with Gasteiger partial charge in [-0.05, 0) is 0 Å². The highest BCUT2D eigenvalue weighted by molar-refractivity contribution is 4.96. The molecule has 1 rings (SSSR count). The molecule has 64 valence electrons. The lowest BCUT2D eigenvalue weighted by atomic mass is 10.5. The summed E-state index contributed by atoms with van der Waals surface area (Å²) in [4.78, 5) is 0. The van der Waals surface area contributed by atoms with E-state index in [1.165, 1.54) is 9.35 Å². The van der Waals surface area contributed by atoms with Crippen LogP contribution in [-0.2, 0) is 6.61 Å². The molecule has 0 saturated heterocycles. The SMILES string of the molecule is Cc1n(N)c(CO)c[n+]1N.[Cl-]. The fourth-order valence-corrected chi connectivity index (χ4v) is 0.765. The van der Waals surface area contributed by atoms with Gasteiger partial charge in [-0.15, -0.1) is 9.35 Å². The van der Waals surface area contributed by atoms with Gasteiger partial charge in [0.2, 0.25) is 0 Å². The molecule has 0 aliphatic heterocycles. The molecule has 0 atom stereocenters. The summed E-state index contributed by atoms with van der Waals surface area (Å²) in [6.45, 7) is 1.67. The van der Waals surface area contributed by atoms with Crippen molar-refractivity contribution in [2.24, 2.45) is 0 Å². The molecule has 1 heterocycles. The summed E-state index contributed by atoms with van der Waals surface area (Å²) in [5, 5.41) is 8.69. The predicted octanol–water partition coefficient (Wildman–Crippen LogP) is -4.99. The minimum absolute atomic E-state index is 0. The minimum Gasteiger partial charge on any atom is -1.00 e. The van der Waals surface area contributed by atoms with Gasteiger partial charge in [-0.25, -0.2) is 0 Å². The first kappa shape index (κ1) is 10.1. The number of aliphatic hydroxyl groups is 1. The van der Waals surface area contributed by atoms with Crippen LogP contribution >= 0.6 is 0 Å². The molecule has 1 aromatic rings. The summed E-state index contributed by atoms with van der Waals surface area (Å²) in [7, 11) is 0. The Bertz CT molecular complexity index is 247. The third-order valence-electron chi connectivity index (χ3n) is 1.48. The van der Waals surface area contributed by atoms with Crippen LogP contribution in [0.25, 0.3) is 0 Å². The molecule has 0 amide bonds. The van der Waals surface area contributed by atoms with Crippen molar-refractivity contribution in [2.75, 3.05) is 11.7 Å². The molecular formula is C5H11ClN4O. The summed E-state index contributed by atoms with van der Waals surface area (Å²) in [6.07, 6.45) is 1.58. The van der Waals surface area contributed by atoms with Gasteiger partial charge in [0.25, 0.3) is 5.82 Å². The average Bonchev–Trinajstić information content (AvgIpc) is 2.17. The van der Waals surface area contributed by atoms with Crippen molar-refractivity contribution in [3.8, 4) is 0 Å². The maximum absolute atomic E-state index is 8.69. The standard InChI is InChI=1S/C5H11N4O.ClH/c1-4-8(6)2-5(3-10)9(4)7;/h2,10H,3,6-7H2,1H3;1H/q+1;/p-1. The number of aliphatic hydroxyl groups excluding tert-OH is 1. The van der Waals surface area contributed by atoms with Crippen LogP contribution in [0.3, 0.4) is 0 Å². The monoisotopic (exact) mass is 178 g/mol. The second-order valence-electron chi connectivity index (χ2n) is 2.10. The first-order valence-corrected chi connectivity index (χ1v) is 2.90. The van der Waals surface area contributed by atoms with E-state index in [2.05, 4.69) is 0 Å². The summed E-state index contributed by atoms with van der Waals surface area (Å²) >= 11 is 0. The molecule has 0 aliphatic rings. The Labute approximate surface area is 70.6 Å². The molecule has 0 aromatic carbocycles. The van der Waals surface area contributed by atoms with Crippen LogP contribution in [0.1, 0.15) is 11.5 Å².